The summed E-state index contributed by atoms with van der Waals surface area (Å²) in [6.45, 7) is 0. The van der Waals surface area contributed by atoms with Crippen molar-refractivity contribution in [1.82, 2.24) is 4.90 Å². The summed E-state index contributed by atoms with van der Waals surface area (Å²) >= 11 is 5.89. The van der Waals surface area contributed by atoms with Crippen LogP contribution in [0.2, 0.25) is 5.02 Å². The largest absolute Gasteiger partial charge is 0.388 e. The minimum Gasteiger partial charge on any atom is -0.388 e. The summed E-state index contributed by atoms with van der Waals surface area (Å²) in [6.07, 6.45) is 4.50. The Labute approximate surface area is 114 Å². The van der Waals surface area contributed by atoms with E-state index in [9.17, 15) is 5.11 Å². The molecule has 2 fully saturated rings. The summed E-state index contributed by atoms with van der Waals surface area (Å²) in [4.78, 5) is 2.51. The molecule has 1 N–H and O–H groups in total. The monoisotopic (exact) mass is 265 g/mol. The van der Waals surface area contributed by atoms with Crippen molar-refractivity contribution in [2.75, 3.05) is 7.05 Å². The minimum atomic E-state index is -0.334. The van der Waals surface area contributed by atoms with Crippen LogP contribution >= 0.6 is 11.6 Å². The molecule has 2 heterocycles. The average molecular weight is 266 g/mol. The van der Waals surface area contributed by atoms with Crippen molar-refractivity contribution in [2.24, 2.45) is 5.92 Å². The molecule has 2 bridgehead atoms. The first-order valence-electron chi connectivity index (χ1n) is 6.80. The van der Waals surface area contributed by atoms with Crippen molar-refractivity contribution in [3.63, 3.8) is 0 Å². The fourth-order valence-corrected chi connectivity index (χ4v) is 3.77. The van der Waals surface area contributed by atoms with Crippen molar-refractivity contribution < 1.29 is 5.11 Å². The van der Waals surface area contributed by atoms with Crippen LogP contribution in [-0.4, -0.2) is 29.1 Å². The second kappa shape index (κ2) is 4.84. The summed E-state index contributed by atoms with van der Waals surface area (Å²) in [6, 6.07) is 8.99. The topological polar surface area (TPSA) is 23.5 Å². The zero-order valence-electron chi connectivity index (χ0n) is 10.7. The Kier molecular flexibility index (Phi) is 3.35. The molecule has 0 radical (unpaired) electrons. The number of hydrogen-bond donors (Lipinski definition) is 1. The van der Waals surface area contributed by atoms with Crippen molar-refractivity contribution in [2.45, 2.75) is 43.9 Å². The molecule has 3 atom stereocenters. The van der Waals surface area contributed by atoms with E-state index in [2.05, 4.69) is 11.9 Å². The zero-order valence-corrected chi connectivity index (χ0v) is 11.5. The van der Waals surface area contributed by atoms with Crippen molar-refractivity contribution in [3.05, 3.63) is 34.9 Å². The van der Waals surface area contributed by atoms with Gasteiger partial charge < -0.3 is 10.0 Å². The minimum absolute atomic E-state index is 0.334. The molecule has 1 aromatic rings. The molecule has 0 aromatic heterocycles. The number of aliphatic hydroxyl groups excluding tert-OH is 1. The van der Waals surface area contributed by atoms with Crippen molar-refractivity contribution in [1.29, 1.82) is 0 Å². The third kappa shape index (κ3) is 2.18. The van der Waals surface area contributed by atoms with Crippen LogP contribution in [0.5, 0.6) is 0 Å². The van der Waals surface area contributed by atoms with Gasteiger partial charge in [0.2, 0.25) is 0 Å². The van der Waals surface area contributed by atoms with Crippen LogP contribution in [0.15, 0.2) is 24.3 Å². The summed E-state index contributed by atoms with van der Waals surface area (Å²) in [5, 5.41) is 11.3. The van der Waals surface area contributed by atoms with Crippen LogP contribution in [-0.2, 0) is 0 Å². The van der Waals surface area contributed by atoms with Crippen LogP contribution < -0.4 is 0 Å². The highest BCUT2D eigenvalue weighted by Gasteiger charge is 2.40. The maximum Gasteiger partial charge on any atom is 0.0819 e. The standard InChI is InChI=1S/C15H20ClNO/c1-17-13-6-7-14(17)9-11(8-13)15(18)10-2-4-12(16)5-3-10/h2-5,11,13-15,18H,6-9H2,1H3. The highest BCUT2D eigenvalue weighted by Crippen LogP contribution is 2.42. The van der Waals surface area contributed by atoms with Gasteiger partial charge >= 0.3 is 0 Å². The Bertz CT molecular complexity index is 405. The first-order chi connectivity index (χ1) is 8.65. The maximum atomic E-state index is 10.5. The smallest absolute Gasteiger partial charge is 0.0819 e. The molecule has 3 unspecified atom stereocenters. The third-order valence-corrected chi connectivity index (χ3v) is 5.04. The van der Waals surface area contributed by atoms with E-state index in [1.54, 1.807) is 0 Å². The van der Waals surface area contributed by atoms with E-state index in [0.717, 1.165) is 23.4 Å². The predicted octanol–water partition coefficient (Wildman–Crippen LogP) is 3.25. The molecule has 3 heteroatoms. The van der Waals surface area contributed by atoms with E-state index in [-0.39, 0.29) is 6.10 Å². The maximum absolute atomic E-state index is 10.5. The second-order valence-corrected chi connectivity index (χ2v) is 6.21. The van der Waals surface area contributed by atoms with Gasteiger partial charge in [-0.15, -0.1) is 0 Å². The molecule has 0 saturated carbocycles. The molecule has 2 aliphatic rings. The number of rotatable bonds is 2. The van der Waals surface area contributed by atoms with E-state index >= 15 is 0 Å². The van der Waals surface area contributed by atoms with Crippen molar-refractivity contribution in [3.8, 4) is 0 Å². The predicted molar refractivity (Wildman–Crippen MR) is 73.7 cm³/mol. The molecule has 18 heavy (non-hydrogen) atoms. The molecular weight excluding hydrogens is 246 g/mol. The molecule has 0 amide bonds. The van der Waals surface area contributed by atoms with Gasteiger partial charge in [-0.1, -0.05) is 23.7 Å². The molecule has 0 spiro atoms. The molecule has 2 saturated heterocycles. The number of piperidine rings is 1. The highest BCUT2D eigenvalue weighted by atomic mass is 35.5. The fourth-order valence-electron chi connectivity index (χ4n) is 3.64. The molecule has 0 aliphatic carbocycles. The van der Waals surface area contributed by atoms with Gasteiger partial charge in [-0.05, 0) is 56.3 Å². The van der Waals surface area contributed by atoms with Crippen LogP contribution in [0.1, 0.15) is 37.4 Å². The van der Waals surface area contributed by atoms with Gasteiger partial charge in [-0.3, -0.25) is 0 Å². The number of hydrogen-bond acceptors (Lipinski definition) is 2. The lowest BCUT2D eigenvalue weighted by Gasteiger charge is -2.38. The Balaban J connectivity index is 1.74. The SMILES string of the molecule is CN1C2CCC1CC(C(O)c1ccc(Cl)cc1)C2. The van der Waals surface area contributed by atoms with Gasteiger partial charge in [0.25, 0.3) is 0 Å². The van der Waals surface area contributed by atoms with Gasteiger partial charge in [-0.2, -0.15) is 0 Å². The molecule has 3 rings (SSSR count). The zero-order chi connectivity index (χ0) is 12.7. The summed E-state index contributed by atoms with van der Waals surface area (Å²) < 4.78 is 0. The Hall–Kier alpha value is -0.570. The number of halogens is 1. The van der Waals surface area contributed by atoms with E-state index < -0.39 is 0 Å². The average Bonchev–Trinajstić information content (AvgIpc) is 2.62. The van der Waals surface area contributed by atoms with E-state index in [1.165, 1.54) is 12.8 Å². The van der Waals surface area contributed by atoms with Crippen molar-refractivity contribution >= 4 is 11.6 Å². The van der Waals surface area contributed by atoms with Crippen LogP contribution in [0.4, 0.5) is 0 Å². The highest BCUT2D eigenvalue weighted by molar-refractivity contribution is 6.30. The van der Waals surface area contributed by atoms with Gasteiger partial charge in [0.15, 0.2) is 0 Å². The summed E-state index contributed by atoms with van der Waals surface area (Å²) in [5.41, 5.74) is 1.01. The van der Waals surface area contributed by atoms with E-state index in [4.69, 9.17) is 11.6 Å². The van der Waals surface area contributed by atoms with Gasteiger partial charge in [0, 0.05) is 17.1 Å². The van der Waals surface area contributed by atoms with E-state index in [1.807, 2.05) is 24.3 Å². The number of fused-ring (bicyclic) bond motifs is 2. The normalized spacial score (nSPS) is 33.6. The molecule has 98 valence electrons. The molecule has 1 aromatic carbocycles. The second-order valence-electron chi connectivity index (χ2n) is 5.78. The quantitative estimate of drug-likeness (QED) is 0.887. The van der Waals surface area contributed by atoms with Crippen LogP contribution in [0, 0.1) is 5.92 Å². The third-order valence-electron chi connectivity index (χ3n) is 4.79. The number of benzene rings is 1. The molecule has 2 aliphatic heterocycles. The lowest BCUT2D eigenvalue weighted by atomic mass is 9.84. The Morgan fingerprint density at radius 3 is 2.28 bits per heavy atom. The van der Waals surface area contributed by atoms with Crippen LogP contribution in [0.25, 0.3) is 0 Å². The number of nitrogens with zero attached hydrogens (tertiary/aromatic N) is 1. The van der Waals surface area contributed by atoms with Gasteiger partial charge in [-0.25, -0.2) is 0 Å². The Morgan fingerprint density at radius 1 is 1.17 bits per heavy atom. The first-order valence-corrected chi connectivity index (χ1v) is 7.18. The van der Waals surface area contributed by atoms with Gasteiger partial charge in [0.05, 0.1) is 6.10 Å². The fraction of sp³-hybridized carbons (Fsp3) is 0.600. The summed E-state index contributed by atoms with van der Waals surface area (Å²) in [7, 11) is 2.23. The van der Waals surface area contributed by atoms with Crippen LogP contribution in [0.3, 0.4) is 0 Å². The van der Waals surface area contributed by atoms with Gasteiger partial charge in [0.1, 0.15) is 0 Å². The lowest BCUT2D eigenvalue weighted by Crippen LogP contribution is -2.41. The number of aliphatic hydroxyl groups is 1. The molecule has 2 nitrogen and oxygen atoms in total. The lowest BCUT2D eigenvalue weighted by molar-refractivity contribution is 0.0356. The first kappa shape index (κ1) is 12.5. The molecular formula is C15H20ClNO. The van der Waals surface area contributed by atoms with E-state index in [0.29, 0.717) is 18.0 Å². The Morgan fingerprint density at radius 2 is 1.72 bits per heavy atom. The summed E-state index contributed by atoms with van der Waals surface area (Å²) in [5.74, 6) is 0.403.